The van der Waals surface area contributed by atoms with Crippen LogP contribution in [0, 0.1) is 5.41 Å². The second kappa shape index (κ2) is 3.43. The highest BCUT2D eigenvalue weighted by atomic mass is 16.5. The van der Waals surface area contributed by atoms with E-state index in [2.05, 4.69) is 5.32 Å². The van der Waals surface area contributed by atoms with Crippen molar-refractivity contribution >= 4 is 5.97 Å². The van der Waals surface area contributed by atoms with E-state index in [1.54, 1.807) is 7.11 Å². The summed E-state index contributed by atoms with van der Waals surface area (Å²) in [5.41, 5.74) is -1.71. The topological polar surface area (TPSA) is 67.8 Å². The molecule has 2 aliphatic rings. The van der Waals surface area contributed by atoms with Gasteiger partial charge in [0.05, 0.1) is 13.2 Å². The molecule has 5 nitrogen and oxygen atoms in total. The monoisotopic (exact) mass is 215 g/mol. The van der Waals surface area contributed by atoms with E-state index in [0.717, 1.165) is 0 Å². The lowest BCUT2D eigenvalue weighted by Crippen LogP contribution is -2.75. The molecular formula is C10H17NO4. The zero-order chi connectivity index (χ0) is 11.1. The van der Waals surface area contributed by atoms with Gasteiger partial charge in [-0.25, -0.2) is 0 Å². The number of β-amino-alcohol motifs (C(OH)–C–C–N with tert-alkyl or cyclic N) is 1. The lowest BCUT2D eigenvalue weighted by Gasteiger charge is -2.57. The Labute approximate surface area is 88.7 Å². The van der Waals surface area contributed by atoms with Crippen LogP contribution < -0.4 is 5.32 Å². The normalized spacial score (nSPS) is 37.7. The highest BCUT2D eigenvalue weighted by molar-refractivity contribution is 5.80. The van der Waals surface area contributed by atoms with Crippen LogP contribution in [0.2, 0.25) is 0 Å². The van der Waals surface area contributed by atoms with Crippen molar-refractivity contribution in [3.8, 4) is 0 Å². The van der Waals surface area contributed by atoms with Gasteiger partial charge in [-0.15, -0.1) is 0 Å². The number of ether oxygens (including phenoxy) is 2. The van der Waals surface area contributed by atoms with Crippen LogP contribution in [-0.4, -0.2) is 50.1 Å². The SMILES string of the molecule is COC(=O)C1(C2(O)CNC2)CC(OC)C1. The first-order chi connectivity index (χ1) is 7.08. The van der Waals surface area contributed by atoms with E-state index in [-0.39, 0.29) is 12.1 Å². The Morgan fingerprint density at radius 3 is 2.33 bits per heavy atom. The Morgan fingerprint density at radius 2 is 2.00 bits per heavy atom. The van der Waals surface area contributed by atoms with E-state index in [1.165, 1.54) is 7.11 Å². The molecule has 0 radical (unpaired) electrons. The minimum atomic E-state index is -0.949. The van der Waals surface area contributed by atoms with Gasteiger partial charge in [0.1, 0.15) is 11.0 Å². The number of methoxy groups -OCH3 is 2. The molecule has 0 aromatic heterocycles. The molecule has 0 unspecified atom stereocenters. The first-order valence-corrected chi connectivity index (χ1v) is 5.12. The average Bonchev–Trinajstić information content (AvgIpc) is 2.13. The highest BCUT2D eigenvalue weighted by Crippen LogP contribution is 2.52. The second-order valence-corrected chi connectivity index (χ2v) is 4.47. The molecule has 0 bridgehead atoms. The summed E-state index contributed by atoms with van der Waals surface area (Å²) in [5.74, 6) is -0.320. The molecule has 15 heavy (non-hydrogen) atoms. The van der Waals surface area contributed by atoms with E-state index < -0.39 is 11.0 Å². The Hall–Kier alpha value is -0.650. The van der Waals surface area contributed by atoms with Crippen LogP contribution in [0.1, 0.15) is 12.8 Å². The third-order valence-corrected chi connectivity index (χ3v) is 3.79. The summed E-state index contributed by atoms with van der Waals surface area (Å²) in [6, 6.07) is 0. The molecule has 5 heteroatoms. The fraction of sp³-hybridized carbons (Fsp3) is 0.900. The van der Waals surface area contributed by atoms with E-state index >= 15 is 0 Å². The van der Waals surface area contributed by atoms with Crippen molar-refractivity contribution in [3.05, 3.63) is 0 Å². The van der Waals surface area contributed by atoms with Crippen molar-refractivity contribution in [1.82, 2.24) is 5.32 Å². The van der Waals surface area contributed by atoms with Crippen LogP contribution in [0.3, 0.4) is 0 Å². The summed E-state index contributed by atoms with van der Waals surface area (Å²) in [4.78, 5) is 11.8. The van der Waals surface area contributed by atoms with E-state index in [0.29, 0.717) is 25.9 Å². The average molecular weight is 215 g/mol. The molecular weight excluding hydrogens is 198 g/mol. The van der Waals surface area contributed by atoms with Crippen molar-refractivity contribution in [2.75, 3.05) is 27.3 Å². The number of aliphatic hydroxyl groups is 1. The largest absolute Gasteiger partial charge is 0.469 e. The number of esters is 1. The van der Waals surface area contributed by atoms with Gasteiger partial charge in [0.25, 0.3) is 0 Å². The summed E-state index contributed by atoms with van der Waals surface area (Å²) < 4.78 is 9.95. The highest BCUT2D eigenvalue weighted by Gasteiger charge is 2.66. The third-order valence-electron chi connectivity index (χ3n) is 3.79. The van der Waals surface area contributed by atoms with E-state index in [9.17, 15) is 9.90 Å². The molecule has 1 aliphatic carbocycles. The van der Waals surface area contributed by atoms with E-state index in [1.807, 2.05) is 0 Å². The number of carbonyl (C=O) groups is 1. The van der Waals surface area contributed by atoms with Gasteiger partial charge < -0.3 is 19.9 Å². The molecule has 0 aromatic rings. The van der Waals surface area contributed by atoms with Crippen molar-refractivity contribution in [1.29, 1.82) is 0 Å². The standard InChI is InChI=1S/C10H17NO4/c1-14-7-3-9(4-7,8(12)15-2)10(13)5-11-6-10/h7,11,13H,3-6H2,1-2H3. The number of hydrogen-bond acceptors (Lipinski definition) is 5. The van der Waals surface area contributed by atoms with Gasteiger partial charge in [0.15, 0.2) is 0 Å². The van der Waals surface area contributed by atoms with Crippen LogP contribution in [0.4, 0.5) is 0 Å². The molecule has 2 rings (SSSR count). The third kappa shape index (κ3) is 1.30. The maximum atomic E-state index is 11.8. The Balaban J connectivity index is 2.15. The summed E-state index contributed by atoms with van der Waals surface area (Å²) >= 11 is 0. The number of rotatable bonds is 3. The maximum absolute atomic E-state index is 11.8. The lowest BCUT2D eigenvalue weighted by atomic mass is 9.55. The number of nitrogens with one attached hydrogen (secondary N) is 1. The van der Waals surface area contributed by atoms with Crippen molar-refractivity contribution in [2.24, 2.45) is 5.41 Å². The molecule has 0 atom stereocenters. The zero-order valence-electron chi connectivity index (χ0n) is 9.08. The Bertz CT molecular complexity index is 269. The minimum absolute atomic E-state index is 0.0636. The number of hydrogen-bond donors (Lipinski definition) is 2. The van der Waals surface area contributed by atoms with Crippen LogP contribution in [0.25, 0.3) is 0 Å². The summed E-state index contributed by atoms with van der Waals surface area (Å²) in [6.45, 7) is 0.914. The van der Waals surface area contributed by atoms with Gasteiger partial charge in [-0.05, 0) is 12.8 Å². The fourth-order valence-corrected chi connectivity index (χ4v) is 2.52. The summed E-state index contributed by atoms with van der Waals surface area (Å²) in [7, 11) is 2.98. The molecule has 1 aliphatic heterocycles. The molecule has 2 N–H and O–H groups in total. The quantitative estimate of drug-likeness (QED) is 0.609. The lowest BCUT2D eigenvalue weighted by molar-refractivity contribution is -0.219. The Morgan fingerprint density at radius 1 is 1.40 bits per heavy atom. The van der Waals surface area contributed by atoms with Gasteiger partial charge in [-0.1, -0.05) is 0 Å². The van der Waals surface area contributed by atoms with Crippen molar-refractivity contribution < 1.29 is 19.4 Å². The Kier molecular flexibility index (Phi) is 2.48. The van der Waals surface area contributed by atoms with Crippen LogP contribution in [0.5, 0.6) is 0 Å². The van der Waals surface area contributed by atoms with Gasteiger partial charge in [-0.3, -0.25) is 4.79 Å². The predicted octanol–water partition coefficient (Wildman–Crippen LogP) is -0.711. The van der Waals surface area contributed by atoms with Crippen molar-refractivity contribution in [2.45, 2.75) is 24.5 Å². The van der Waals surface area contributed by atoms with Gasteiger partial charge >= 0.3 is 5.97 Å². The zero-order valence-corrected chi connectivity index (χ0v) is 9.08. The van der Waals surface area contributed by atoms with Gasteiger partial charge in [0.2, 0.25) is 0 Å². The van der Waals surface area contributed by atoms with Crippen LogP contribution in [0.15, 0.2) is 0 Å². The molecule has 0 spiro atoms. The molecule has 0 amide bonds. The van der Waals surface area contributed by atoms with Crippen LogP contribution >= 0.6 is 0 Å². The van der Waals surface area contributed by atoms with Gasteiger partial charge in [-0.2, -0.15) is 0 Å². The summed E-state index contributed by atoms with van der Waals surface area (Å²) in [6.07, 6.45) is 1.16. The second-order valence-electron chi connectivity index (χ2n) is 4.47. The first kappa shape index (κ1) is 10.9. The predicted molar refractivity (Wildman–Crippen MR) is 52.3 cm³/mol. The summed E-state index contributed by atoms with van der Waals surface area (Å²) in [5, 5.41) is 13.3. The molecule has 2 fully saturated rings. The van der Waals surface area contributed by atoms with Crippen molar-refractivity contribution in [3.63, 3.8) is 0 Å². The van der Waals surface area contributed by atoms with E-state index in [4.69, 9.17) is 9.47 Å². The maximum Gasteiger partial charge on any atom is 0.315 e. The van der Waals surface area contributed by atoms with Gasteiger partial charge in [0, 0.05) is 20.2 Å². The van der Waals surface area contributed by atoms with Crippen LogP contribution in [-0.2, 0) is 14.3 Å². The number of carbonyl (C=O) groups excluding carboxylic acids is 1. The molecule has 1 saturated carbocycles. The molecule has 0 aromatic carbocycles. The fourth-order valence-electron chi connectivity index (χ4n) is 2.52. The molecule has 86 valence electrons. The minimum Gasteiger partial charge on any atom is -0.469 e. The first-order valence-electron chi connectivity index (χ1n) is 5.12. The molecule has 1 saturated heterocycles. The molecule has 1 heterocycles. The smallest absolute Gasteiger partial charge is 0.315 e.